The van der Waals surface area contributed by atoms with Gasteiger partial charge in [-0.2, -0.15) is 0 Å². The lowest BCUT2D eigenvalue weighted by atomic mass is 10.1. The van der Waals surface area contributed by atoms with Gasteiger partial charge in [-0.25, -0.2) is 0 Å². The summed E-state index contributed by atoms with van der Waals surface area (Å²) in [5.41, 5.74) is 2.20. The Morgan fingerprint density at radius 1 is 1.10 bits per heavy atom. The molecule has 0 spiro atoms. The van der Waals surface area contributed by atoms with Crippen LogP contribution in [0, 0.1) is 0 Å². The zero-order chi connectivity index (χ0) is 22.4. The molecule has 0 bridgehead atoms. The van der Waals surface area contributed by atoms with E-state index in [0.717, 1.165) is 16.5 Å². The van der Waals surface area contributed by atoms with Crippen LogP contribution in [0.15, 0.2) is 47.5 Å². The molecule has 3 aromatic rings. The number of ketones is 1. The molecular formula is C23H25NO6S. The second-order valence-electron chi connectivity index (χ2n) is 6.72. The quantitative estimate of drug-likeness (QED) is 0.326. The number of hydrogen-bond donors (Lipinski definition) is 3. The Labute approximate surface area is 184 Å². The third-order valence-electron chi connectivity index (χ3n) is 4.67. The van der Waals surface area contributed by atoms with Gasteiger partial charge in [-0.1, -0.05) is 6.07 Å². The summed E-state index contributed by atoms with van der Waals surface area (Å²) < 4.78 is 16.1. The molecule has 3 rings (SSSR count). The van der Waals surface area contributed by atoms with Crippen LogP contribution in [-0.4, -0.2) is 60.8 Å². The van der Waals surface area contributed by atoms with Crippen LogP contribution in [-0.2, 0) is 0 Å². The number of aromatic nitrogens is 1. The predicted molar refractivity (Wildman–Crippen MR) is 122 cm³/mol. The van der Waals surface area contributed by atoms with Crippen molar-refractivity contribution < 1.29 is 29.2 Å². The molecule has 1 atom stereocenters. The highest BCUT2D eigenvalue weighted by molar-refractivity contribution is 8.04. The summed E-state index contributed by atoms with van der Waals surface area (Å²) in [6, 6.07) is 11.0. The Morgan fingerprint density at radius 2 is 1.81 bits per heavy atom. The summed E-state index contributed by atoms with van der Waals surface area (Å²) in [4.78, 5) is 17.0. The maximum absolute atomic E-state index is 13.4. The Kier molecular flexibility index (Phi) is 7.62. The molecule has 0 radical (unpaired) electrons. The van der Waals surface area contributed by atoms with E-state index in [9.17, 15) is 9.90 Å². The average molecular weight is 444 g/mol. The van der Waals surface area contributed by atoms with E-state index >= 15 is 0 Å². The molecule has 2 aromatic carbocycles. The number of Topliss-reactive ketones (excluding diaryl/α,β-unsaturated/α-hetero) is 1. The van der Waals surface area contributed by atoms with Gasteiger partial charge in [0.15, 0.2) is 17.3 Å². The number of H-pyrrole nitrogens is 1. The standard InChI is InChI=1S/C23H25NO6S/c1-28-19-10-16(11-20(29-2)23(19)30-3)22(27)21(31-13-17(26)12-25)9-14-4-5-18-15(8-14)6-7-24-18/h4-11,17,24-26H,12-13H2,1-3H3. The second kappa shape index (κ2) is 10.4. The molecule has 0 aliphatic heterocycles. The van der Waals surface area contributed by atoms with E-state index in [1.54, 1.807) is 18.2 Å². The highest BCUT2D eigenvalue weighted by atomic mass is 32.2. The lowest BCUT2D eigenvalue weighted by Crippen LogP contribution is -2.16. The number of methoxy groups -OCH3 is 3. The first-order chi connectivity index (χ1) is 15.0. The van der Waals surface area contributed by atoms with E-state index < -0.39 is 6.10 Å². The van der Waals surface area contributed by atoms with E-state index in [1.807, 2.05) is 30.5 Å². The van der Waals surface area contributed by atoms with Gasteiger partial charge in [0.25, 0.3) is 0 Å². The van der Waals surface area contributed by atoms with Crippen molar-refractivity contribution in [2.24, 2.45) is 0 Å². The van der Waals surface area contributed by atoms with Gasteiger partial charge in [0.1, 0.15) is 0 Å². The number of carbonyl (C=O) groups is 1. The largest absolute Gasteiger partial charge is 0.493 e. The number of aromatic amines is 1. The van der Waals surface area contributed by atoms with E-state index in [4.69, 9.17) is 19.3 Å². The van der Waals surface area contributed by atoms with Crippen molar-refractivity contribution in [3.05, 3.63) is 58.6 Å². The van der Waals surface area contributed by atoms with Gasteiger partial charge in [0.05, 0.1) is 38.9 Å². The third-order valence-corrected chi connectivity index (χ3v) is 5.83. The molecule has 7 nitrogen and oxygen atoms in total. The predicted octanol–water partition coefficient (Wildman–Crippen LogP) is 3.50. The third kappa shape index (κ3) is 5.22. The molecule has 1 aromatic heterocycles. The van der Waals surface area contributed by atoms with Crippen LogP contribution in [0.25, 0.3) is 17.0 Å². The van der Waals surface area contributed by atoms with Crippen molar-refractivity contribution in [2.75, 3.05) is 33.7 Å². The van der Waals surface area contributed by atoms with Gasteiger partial charge in [-0.05, 0) is 47.4 Å². The number of aliphatic hydroxyl groups excluding tert-OH is 2. The molecule has 0 aliphatic carbocycles. The first kappa shape index (κ1) is 22.7. The van der Waals surface area contributed by atoms with Crippen molar-refractivity contribution in [3.8, 4) is 17.2 Å². The molecule has 0 saturated heterocycles. The van der Waals surface area contributed by atoms with Gasteiger partial charge in [-0.15, -0.1) is 11.8 Å². The molecule has 164 valence electrons. The summed E-state index contributed by atoms with van der Waals surface area (Å²) in [5, 5.41) is 20.0. The van der Waals surface area contributed by atoms with Crippen LogP contribution < -0.4 is 14.2 Å². The average Bonchev–Trinajstić information content (AvgIpc) is 3.27. The van der Waals surface area contributed by atoms with E-state index in [0.29, 0.717) is 27.7 Å². The van der Waals surface area contributed by atoms with Gasteiger partial charge in [0.2, 0.25) is 5.75 Å². The molecule has 0 amide bonds. The van der Waals surface area contributed by atoms with Crippen molar-refractivity contribution in [2.45, 2.75) is 6.10 Å². The zero-order valence-corrected chi connectivity index (χ0v) is 18.4. The number of nitrogens with one attached hydrogen (secondary N) is 1. The minimum atomic E-state index is -0.937. The van der Waals surface area contributed by atoms with Gasteiger partial charge >= 0.3 is 0 Å². The van der Waals surface area contributed by atoms with Crippen molar-refractivity contribution >= 4 is 34.5 Å². The number of carbonyl (C=O) groups excluding carboxylic acids is 1. The Morgan fingerprint density at radius 3 is 2.42 bits per heavy atom. The van der Waals surface area contributed by atoms with Crippen LogP contribution in [0.3, 0.4) is 0 Å². The second-order valence-corrected chi connectivity index (χ2v) is 7.79. The number of fused-ring (bicyclic) bond motifs is 1. The van der Waals surface area contributed by atoms with Crippen molar-refractivity contribution in [3.63, 3.8) is 0 Å². The van der Waals surface area contributed by atoms with Crippen molar-refractivity contribution in [1.82, 2.24) is 4.98 Å². The molecule has 0 aliphatic rings. The summed E-state index contributed by atoms with van der Waals surface area (Å²) in [6.07, 6.45) is 2.69. The topological polar surface area (TPSA) is 101 Å². The number of hydrogen-bond acceptors (Lipinski definition) is 7. The molecule has 8 heteroatoms. The summed E-state index contributed by atoms with van der Waals surface area (Å²) in [6.45, 7) is -0.381. The number of benzene rings is 2. The number of allylic oxidation sites excluding steroid dienone is 1. The van der Waals surface area contributed by atoms with Gasteiger partial charge in [0, 0.05) is 23.0 Å². The highest BCUT2D eigenvalue weighted by Gasteiger charge is 2.21. The van der Waals surface area contributed by atoms with Gasteiger partial charge < -0.3 is 29.4 Å². The minimum absolute atomic E-state index is 0.172. The Balaban J connectivity index is 2.03. The van der Waals surface area contributed by atoms with Crippen LogP contribution in [0.1, 0.15) is 15.9 Å². The fraction of sp³-hybridized carbons (Fsp3) is 0.261. The molecule has 0 saturated carbocycles. The maximum Gasteiger partial charge on any atom is 0.203 e. The number of rotatable bonds is 10. The van der Waals surface area contributed by atoms with Gasteiger partial charge in [-0.3, -0.25) is 4.79 Å². The van der Waals surface area contributed by atoms with E-state index in [-0.39, 0.29) is 18.1 Å². The monoisotopic (exact) mass is 443 g/mol. The number of aliphatic hydroxyl groups is 2. The molecule has 1 heterocycles. The fourth-order valence-corrected chi connectivity index (χ4v) is 4.02. The molecule has 31 heavy (non-hydrogen) atoms. The first-order valence-electron chi connectivity index (χ1n) is 9.56. The van der Waals surface area contributed by atoms with E-state index in [2.05, 4.69) is 4.98 Å². The lowest BCUT2D eigenvalue weighted by molar-refractivity contribution is 0.104. The lowest BCUT2D eigenvalue weighted by Gasteiger charge is -2.15. The smallest absolute Gasteiger partial charge is 0.203 e. The maximum atomic E-state index is 13.4. The summed E-state index contributed by atoms with van der Waals surface area (Å²) in [7, 11) is 4.47. The summed E-state index contributed by atoms with van der Waals surface area (Å²) in [5.74, 6) is 1.06. The molecule has 3 N–H and O–H groups in total. The Bertz CT molecular complexity index is 1070. The molecule has 0 fully saturated rings. The number of ether oxygens (including phenoxy) is 3. The van der Waals surface area contributed by atoms with Crippen molar-refractivity contribution in [1.29, 1.82) is 0 Å². The fourth-order valence-electron chi connectivity index (χ4n) is 3.08. The van der Waals surface area contributed by atoms with Crippen LogP contribution in [0.4, 0.5) is 0 Å². The van der Waals surface area contributed by atoms with E-state index in [1.165, 1.54) is 33.1 Å². The Hall–Kier alpha value is -2.94. The van der Waals surface area contributed by atoms with Crippen LogP contribution >= 0.6 is 11.8 Å². The number of thioether (sulfide) groups is 1. The normalized spacial score (nSPS) is 12.6. The molecular weight excluding hydrogens is 418 g/mol. The molecule has 1 unspecified atom stereocenters. The highest BCUT2D eigenvalue weighted by Crippen LogP contribution is 2.39. The zero-order valence-electron chi connectivity index (χ0n) is 17.5. The SMILES string of the molecule is COc1cc(C(=O)C(=Cc2ccc3[nH]ccc3c2)SCC(O)CO)cc(OC)c1OC. The summed E-state index contributed by atoms with van der Waals surface area (Å²) >= 11 is 1.18. The van der Waals surface area contributed by atoms with Crippen LogP contribution in [0.2, 0.25) is 0 Å². The first-order valence-corrected chi connectivity index (χ1v) is 10.5. The van der Waals surface area contributed by atoms with Crippen LogP contribution in [0.5, 0.6) is 17.2 Å². The minimum Gasteiger partial charge on any atom is -0.493 e.